The summed E-state index contributed by atoms with van der Waals surface area (Å²) in [5.41, 5.74) is 3.23. The molecule has 1 heterocycles. The van der Waals surface area contributed by atoms with Gasteiger partial charge < -0.3 is 10.1 Å². The van der Waals surface area contributed by atoms with Gasteiger partial charge in [-0.25, -0.2) is 0 Å². The van der Waals surface area contributed by atoms with Crippen LogP contribution in [0.5, 0.6) is 5.75 Å². The molecule has 1 fully saturated rings. The molecular formula is C18H26BrNO. The molecule has 1 aromatic carbocycles. The average Bonchev–Trinajstić information content (AvgIpc) is 2.85. The molecule has 2 unspecified atom stereocenters. The lowest BCUT2D eigenvalue weighted by molar-refractivity contribution is 0.347. The van der Waals surface area contributed by atoms with Gasteiger partial charge in [0.1, 0.15) is 5.75 Å². The highest BCUT2D eigenvalue weighted by atomic mass is 79.9. The first-order chi connectivity index (χ1) is 10.0. The van der Waals surface area contributed by atoms with E-state index >= 15 is 0 Å². The Morgan fingerprint density at radius 3 is 2.86 bits per heavy atom. The molecule has 1 aliphatic heterocycles. The zero-order valence-electron chi connectivity index (χ0n) is 13.3. The molecule has 1 saturated carbocycles. The van der Waals surface area contributed by atoms with Crippen LogP contribution in [-0.4, -0.2) is 19.2 Å². The minimum Gasteiger partial charge on any atom is -0.493 e. The quantitative estimate of drug-likeness (QED) is 0.822. The molecule has 0 bridgehead atoms. The molecule has 0 radical (unpaired) electrons. The van der Waals surface area contributed by atoms with Crippen LogP contribution in [0.2, 0.25) is 0 Å². The Morgan fingerprint density at radius 2 is 2.19 bits per heavy atom. The Kier molecular flexibility index (Phi) is 4.33. The monoisotopic (exact) mass is 351 g/mol. The van der Waals surface area contributed by atoms with Gasteiger partial charge >= 0.3 is 0 Å². The van der Waals surface area contributed by atoms with Gasteiger partial charge in [-0.1, -0.05) is 36.7 Å². The summed E-state index contributed by atoms with van der Waals surface area (Å²) in [5, 5.41) is 3.78. The minimum atomic E-state index is 0.501. The van der Waals surface area contributed by atoms with E-state index in [0.29, 0.717) is 11.5 Å². The van der Waals surface area contributed by atoms with Gasteiger partial charge in [0.05, 0.1) is 6.61 Å². The number of rotatable bonds is 6. The Hall–Kier alpha value is -0.540. The molecule has 0 aromatic heterocycles. The van der Waals surface area contributed by atoms with Gasteiger partial charge in [0.2, 0.25) is 0 Å². The zero-order chi connectivity index (χ0) is 15.0. The van der Waals surface area contributed by atoms with Crippen molar-refractivity contribution in [1.29, 1.82) is 0 Å². The second-order valence-corrected chi connectivity index (χ2v) is 8.13. The van der Waals surface area contributed by atoms with Gasteiger partial charge in [-0.2, -0.15) is 0 Å². The molecule has 0 amide bonds. The SMILES string of the molecule is CCCNC(Cc1cc(Br)cc2c1OCC2)C1CC1(C)C. The molecule has 0 spiro atoms. The summed E-state index contributed by atoms with van der Waals surface area (Å²) in [6.45, 7) is 8.96. The third-order valence-corrected chi connectivity index (χ3v) is 5.45. The van der Waals surface area contributed by atoms with Crippen molar-refractivity contribution in [1.82, 2.24) is 5.32 Å². The lowest BCUT2D eigenvalue weighted by Crippen LogP contribution is -2.35. The van der Waals surface area contributed by atoms with Crippen molar-refractivity contribution in [3.8, 4) is 5.75 Å². The molecule has 2 nitrogen and oxygen atoms in total. The highest BCUT2D eigenvalue weighted by molar-refractivity contribution is 9.10. The van der Waals surface area contributed by atoms with Gasteiger partial charge in [0.25, 0.3) is 0 Å². The van der Waals surface area contributed by atoms with Crippen molar-refractivity contribution in [2.24, 2.45) is 11.3 Å². The molecule has 116 valence electrons. The van der Waals surface area contributed by atoms with E-state index in [-0.39, 0.29) is 0 Å². The highest BCUT2D eigenvalue weighted by Crippen LogP contribution is 2.54. The third-order valence-electron chi connectivity index (χ3n) is 5.00. The average molecular weight is 352 g/mol. The summed E-state index contributed by atoms with van der Waals surface area (Å²) in [4.78, 5) is 0. The lowest BCUT2D eigenvalue weighted by atomic mass is 9.95. The number of nitrogens with one attached hydrogen (secondary N) is 1. The van der Waals surface area contributed by atoms with E-state index in [1.165, 1.54) is 28.4 Å². The fourth-order valence-electron chi connectivity index (χ4n) is 3.62. The first kappa shape index (κ1) is 15.4. The third kappa shape index (κ3) is 3.29. The summed E-state index contributed by atoms with van der Waals surface area (Å²) in [6, 6.07) is 5.03. The standard InChI is InChI=1S/C18H26BrNO/c1-4-6-20-16(15-11-18(15,2)3)10-13-9-14(19)8-12-5-7-21-17(12)13/h8-9,15-16,20H,4-7,10-11H2,1-3H3. The number of hydrogen-bond acceptors (Lipinski definition) is 2. The number of ether oxygens (including phenoxy) is 1. The fraction of sp³-hybridized carbons (Fsp3) is 0.667. The Bertz CT molecular complexity index is 526. The second-order valence-electron chi connectivity index (χ2n) is 7.22. The van der Waals surface area contributed by atoms with E-state index in [4.69, 9.17) is 4.74 Å². The van der Waals surface area contributed by atoms with Crippen LogP contribution < -0.4 is 10.1 Å². The molecular weight excluding hydrogens is 326 g/mol. The summed E-state index contributed by atoms with van der Waals surface area (Å²) in [7, 11) is 0. The van der Waals surface area contributed by atoms with Crippen molar-refractivity contribution >= 4 is 15.9 Å². The van der Waals surface area contributed by atoms with Crippen molar-refractivity contribution in [2.75, 3.05) is 13.2 Å². The minimum absolute atomic E-state index is 0.501. The maximum atomic E-state index is 5.89. The molecule has 1 N–H and O–H groups in total. The summed E-state index contributed by atoms with van der Waals surface area (Å²) >= 11 is 3.66. The normalized spacial score (nSPS) is 23.5. The van der Waals surface area contributed by atoms with Gasteiger partial charge in [-0.05, 0) is 60.4 Å². The summed E-state index contributed by atoms with van der Waals surface area (Å²) < 4.78 is 7.08. The van der Waals surface area contributed by atoms with Crippen molar-refractivity contribution < 1.29 is 4.74 Å². The van der Waals surface area contributed by atoms with E-state index in [1.54, 1.807) is 0 Å². The van der Waals surface area contributed by atoms with Crippen LogP contribution in [0.4, 0.5) is 0 Å². The Balaban J connectivity index is 1.80. The summed E-state index contributed by atoms with van der Waals surface area (Å²) in [6.07, 6.45) is 4.65. The maximum absolute atomic E-state index is 5.89. The predicted octanol–water partition coefficient (Wildman–Crippen LogP) is 4.34. The van der Waals surface area contributed by atoms with Crippen LogP contribution in [0.15, 0.2) is 16.6 Å². The second kappa shape index (κ2) is 5.92. The van der Waals surface area contributed by atoms with Gasteiger partial charge in [0, 0.05) is 16.9 Å². The molecule has 1 aromatic rings. The van der Waals surface area contributed by atoms with Gasteiger partial charge in [-0.3, -0.25) is 0 Å². The van der Waals surface area contributed by atoms with Crippen molar-refractivity contribution in [2.45, 2.75) is 52.5 Å². The van der Waals surface area contributed by atoms with E-state index in [2.05, 4.69) is 54.2 Å². The molecule has 2 aliphatic rings. The number of hydrogen-bond donors (Lipinski definition) is 1. The lowest BCUT2D eigenvalue weighted by Gasteiger charge is -2.22. The summed E-state index contributed by atoms with van der Waals surface area (Å²) in [5.74, 6) is 1.94. The number of halogens is 1. The molecule has 1 aliphatic carbocycles. The van der Waals surface area contributed by atoms with E-state index in [0.717, 1.165) is 37.7 Å². The molecule has 3 rings (SSSR count). The number of fused-ring (bicyclic) bond motifs is 1. The van der Waals surface area contributed by atoms with Crippen molar-refractivity contribution in [3.05, 3.63) is 27.7 Å². The zero-order valence-corrected chi connectivity index (χ0v) is 14.9. The first-order valence-electron chi connectivity index (χ1n) is 8.18. The van der Waals surface area contributed by atoms with Crippen LogP contribution in [0, 0.1) is 11.3 Å². The number of benzene rings is 1. The Labute approximate surface area is 136 Å². The first-order valence-corrected chi connectivity index (χ1v) is 8.98. The largest absolute Gasteiger partial charge is 0.493 e. The molecule has 0 saturated heterocycles. The smallest absolute Gasteiger partial charge is 0.125 e. The Morgan fingerprint density at radius 1 is 1.43 bits per heavy atom. The van der Waals surface area contributed by atoms with E-state index < -0.39 is 0 Å². The predicted molar refractivity (Wildman–Crippen MR) is 91.0 cm³/mol. The van der Waals surface area contributed by atoms with Crippen LogP contribution in [0.3, 0.4) is 0 Å². The molecule has 2 atom stereocenters. The van der Waals surface area contributed by atoms with Gasteiger partial charge in [-0.15, -0.1) is 0 Å². The van der Waals surface area contributed by atoms with Gasteiger partial charge in [0.15, 0.2) is 0 Å². The fourth-order valence-corrected chi connectivity index (χ4v) is 4.17. The van der Waals surface area contributed by atoms with Crippen LogP contribution in [0.1, 0.15) is 44.7 Å². The van der Waals surface area contributed by atoms with Crippen LogP contribution in [-0.2, 0) is 12.8 Å². The topological polar surface area (TPSA) is 21.3 Å². The van der Waals surface area contributed by atoms with Crippen molar-refractivity contribution in [3.63, 3.8) is 0 Å². The highest BCUT2D eigenvalue weighted by Gasteiger charge is 2.49. The van der Waals surface area contributed by atoms with E-state index in [1.807, 2.05) is 0 Å². The van der Waals surface area contributed by atoms with Crippen LogP contribution >= 0.6 is 15.9 Å². The van der Waals surface area contributed by atoms with Crippen LogP contribution in [0.25, 0.3) is 0 Å². The molecule has 21 heavy (non-hydrogen) atoms. The maximum Gasteiger partial charge on any atom is 0.125 e. The molecule has 3 heteroatoms. The van der Waals surface area contributed by atoms with E-state index in [9.17, 15) is 0 Å².